The van der Waals surface area contributed by atoms with Crippen molar-refractivity contribution in [1.82, 2.24) is 4.98 Å². The topological polar surface area (TPSA) is 114 Å². The summed E-state index contributed by atoms with van der Waals surface area (Å²) in [6.07, 6.45) is 6.77. The fraction of sp³-hybridized carbons (Fsp3) is 0.565. The number of rotatable bonds is 7. The summed E-state index contributed by atoms with van der Waals surface area (Å²) in [4.78, 5) is 20.2. The monoisotopic (exact) mass is 409 g/mol. The molecule has 0 radical (unpaired) electrons. The van der Waals surface area contributed by atoms with Crippen molar-refractivity contribution in [2.24, 2.45) is 28.6 Å². The smallest absolute Gasteiger partial charge is 0.312 e. The summed E-state index contributed by atoms with van der Waals surface area (Å²) >= 11 is 0. The van der Waals surface area contributed by atoms with E-state index in [4.69, 9.17) is 10.5 Å². The highest BCUT2D eigenvalue weighted by Gasteiger charge is 2.46. The van der Waals surface area contributed by atoms with Crippen LogP contribution >= 0.6 is 0 Å². The van der Waals surface area contributed by atoms with E-state index in [1.807, 2.05) is 13.0 Å². The SMILES string of the molecule is CC=C1C2C=C(C)CC1(N=[N+]=[N-])c1ccc(OC(=O)C[C@@H](CN)CC(C)C)nc1C2. The van der Waals surface area contributed by atoms with Gasteiger partial charge in [0.05, 0.1) is 6.42 Å². The van der Waals surface area contributed by atoms with Gasteiger partial charge in [0.25, 0.3) is 0 Å². The maximum Gasteiger partial charge on any atom is 0.312 e. The number of aromatic nitrogens is 1. The van der Waals surface area contributed by atoms with Gasteiger partial charge in [-0.3, -0.25) is 4.79 Å². The largest absolute Gasteiger partial charge is 0.407 e. The van der Waals surface area contributed by atoms with Gasteiger partial charge in [-0.15, -0.1) is 0 Å². The number of ether oxygens (including phenoxy) is 1. The Labute approximate surface area is 178 Å². The number of nitrogens with zero attached hydrogens (tertiary/aromatic N) is 4. The Morgan fingerprint density at radius 1 is 1.50 bits per heavy atom. The molecule has 0 fully saturated rings. The number of azide groups is 1. The minimum absolute atomic E-state index is 0.105. The van der Waals surface area contributed by atoms with Crippen LogP contribution in [0.2, 0.25) is 0 Å². The van der Waals surface area contributed by atoms with E-state index in [-0.39, 0.29) is 30.1 Å². The van der Waals surface area contributed by atoms with E-state index in [2.05, 4.69) is 47.9 Å². The second-order valence-electron chi connectivity index (χ2n) is 8.85. The van der Waals surface area contributed by atoms with Crippen molar-refractivity contribution in [1.29, 1.82) is 0 Å². The molecule has 1 aromatic heterocycles. The molecule has 2 unspecified atom stereocenters. The molecule has 2 aliphatic carbocycles. The molecular formula is C23H31N5O2. The summed E-state index contributed by atoms with van der Waals surface area (Å²) in [6, 6.07) is 3.60. The highest BCUT2D eigenvalue weighted by molar-refractivity contribution is 5.72. The van der Waals surface area contributed by atoms with Crippen LogP contribution < -0.4 is 10.5 Å². The van der Waals surface area contributed by atoms with Crippen LogP contribution in [0.3, 0.4) is 0 Å². The third-order valence-corrected chi connectivity index (χ3v) is 6.04. The Hall–Kier alpha value is -2.63. The molecule has 7 heteroatoms. The van der Waals surface area contributed by atoms with Gasteiger partial charge in [0.2, 0.25) is 5.88 Å². The molecule has 160 valence electrons. The number of nitrogens with two attached hydrogens (primary N) is 1. The highest BCUT2D eigenvalue weighted by atomic mass is 16.5. The fourth-order valence-electron chi connectivity index (χ4n) is 5.00. The Morgan fingerprint density at radius 2 is 2.27 bits per heavy atom. The summed E-state index contributed by atoms with van der Waals surface area (Å²) < 4.78 is 5.54. The average molecular weight is 410 g/mol. The lowest BCUT2D eigenvalue weighted by atomic mass is 9.63. The van der Waals surface area contributed by atoms with Gasteiger partial charge < -0.3 is 10.5 Å². The molecule has 0 aliphatic heterocycles. The molecule has 0 aromatic carbocycles. The van der Waals surface area contributed by atoms with Crippen LogP contribution in [0.4, 0.5) is 0 Å². The van der Waals surface area contributed by atoms with Gasteiger partial charge in [-0.2, -0.15) is 0 Å². The van der Waals surface area contributed by atoms with Crippen LogP contribution in [0.1, 0.15) is 58.2 Å². The van der Waals surface area contributed by atoms with Crippen molar-refractivity contribution >= 4 is 5.97 Å². The first-order chi connectivity index (χ1) is 14.3. The standard InChI is InChI=1S/C23H31N5O2/c1-5-18-17-9-15(4)12-23(18,27-28-25)19-6-7-21(26-20(19)11-17)30-22(29)10-16(13-24)8-14(2)3/h5-7,9,14,16-17H,8,10-13,24H2,1-4H3/t16-,17?,23?/m0/s1. The fourth-order valence-corrected chi connectivity index (χ4v) is 5.00. The van der Waals surface area contributed by atoms with Crippen LogP contribution in [0.5, 0.6) is 5.88 Å². The molecule has 0 spiro atoms. The minimum Gasteiger partial charge on any atom is -0.407 e. The number of carbonyl (C=O) groups excluding carboxylic acids is 1. The Morgan fingerprint density at radius 3 is 2.90 bits per heavy atom. The molecule has 3 rings (SSSR count). The Kier molecular flexibility index (Phi) is 6.64. The number of hydrogen-bond donors (Lipinski definition) is 1. The third kappa shape index (κ3) is 4.27. The lowest BCUT2D eigenvalue weighted by Crippen LogP contribution is -2.39. The average Bonchev–Trinajstić information content (AvgIpc) is 2.66. The van der Waals surface area contributed by atoms with E-state index in [0.29, 0.717) is 25.3 Å². The second kappa shape index (κ2) is 9.02. The van der Waals surface area contributed by atoms with Crippen molar-refractivity contribution in [3.63, 3.8) is 0 Å². The molecule has 1 heterocycles. The first-order valence-corrected chi connectivity index (χ1v) is 10.6. The number of fused-ring (bicyclic) bond motifs is 4. The summed E-state index contributed by atoms with van der Waals surface area (Å²) in [5.41, 5.74) is 18.4. The number of allylic oxidation sites excluding steroid dienone is 2. The van der Waals surface area contributed by atoms with Gasteiger partial charge >= 0.3 is 5.97 Å². The quantitative estimate of drug-likeness (QED) is 0.225. The van der Waals surface area contributed by atoms with E-state index in [9.17, 15) is 10.3 Å². The predicted molar refractivity (Wildman–Crippen MR) is 117 cm³/mol. The molecule has 2 aliphatic rings. The lowest BCUT2D eigenvalue weighted by molar-refractivity contribution is -0.135. The molecule has 2 bridgehead atoms. The minimum atomic E-state index is -0.752. The molecule has 0 saturated heterocycles. The van der Waals surface area contributed by atoms with Gasteiger partial charge in [0, 0.05) is 29.0 Å². The first-order valence-electron chi connectivity index (χ1n) is 10.6. The number of pyridine rings is 1. The van der Waals surface area contributed by atoms with Gasteiger partial charge in [-0.1, -0.05) is 48.3 Å². The van der Waals surface area contributed by atoms with Gasteiger partial charge in [-0.25, -0.2) is 4.98 Å². The molecule has 1 aromatic rings. The number of hydrogen-bond acceptors (Lipinski definition) is 5. The third-order valence-electron chi connectivity index (χ3n) is 6.04. The van der Waals surface area contributed by atoms with E-state index < -0.39 is 5.54 Å². The van der Waals surface area contributed by atoms with Crippen LogP contribution in [-0.4, -0.2) is 17.5 Å². The number of esters is 1. The van der Waals surface area contributed by atoms with E-state index in [1.54, 1.807) is 6.07 Å². The van der Waals surface area contributed by atoms with Crippen LogP contribution in [0.15, 0.2) is 40.5 Å². The maximum atomic E-state index is 12.4. The zero-order chi connectivity index (χ0) is 21.9. The zero-order valence-electron chi connectivity index (χ0n) is 18.3. The lowest BCUT2D eigenvalue weighted by Gasteiger charge is -2.44. The normalized spacial score (nSPS) is 24.7. The highest BCUT2D eigenvalue weighted by Crippen LogP contribution is 2.52. The van der Waals surface area contributed by atoms with Crippen molar-refractivity contribution in [2.45, 2.75) is 58.9 Å². The Balaban J connectivity index is 1.88. The predicted octanol–water partition coefficient (Wildman–Crippen LogP) is 4.97. The maximum absolute atomic E-state index is 12.4. The number of carbonyl (C=O) groups is 1. The molecule has 30 heavy (non-hydrogen) atoms. The zero-order valence-corrected chi connectivity index (χ0v) is 18.3. The molecule has 2 N–H and O–H groups in total. The van der Waals surface area contributed by atoms with Gasteiger partial charge in [0.1, 0.15) is 5.54 Å². The van der Waals surface area contributed by atoms with Gasteiger partial charge in [-0.05, 0) is 56.2 Å². The van der Waals surface area contributed by atoms with E-state index in [0.717, 1.165) is 23.3 Å². The van der Waals surface area contributed by atoms with Crippen molar-refractivity contribution in [2.75, 3.05) is 6.54 Å². The summed E-state index contributed by atoms with van der Waals surface area (Å²) in [5, 5.41) is 4.26. The van der Waals surface area contributed by atoms with Crippen molar-refractivity contribution in [3.05, 3.63) is 57.1 Å². The molecule has 3 atom stereocenters. The first kappa shape index (κ1) is 22.1. The molecule has 0 amide bonds. The van der Waals surface area contributed by atoms with Crippen LogP contribution in [0, 0.1) is 17.8 Å². The van der Waals surface area contributed by atoms with Crippen LogP contribution in [-0.2, 0) is 16.8 Å². The molecule has 0 saturated carbocycles. The van der Waals surface area contributed by atoms with Crippen molar-refractivity contribution in [3.8, 4) is 5.88 Å². The molecule has 7 nitrogen and oxygen atoms in total. The summed E-state index contributed by atoms with van der Waals surface area (Å²) in [5.74, 6) is 0.685. The molecular weight excluding hydrogens is 378 g/mol. The summed E-state index contributed by atoms with van der Waals surface area (Å²) in [7, 11) is 0. The van der Waals surface area contributed by atoms with Crippen LogP contribution in [0.25, 0.3) is 10.4 Å². The van der Waals surface area contributed by atoms with Crippen molar-refractivity contribution < 1.29 is 9.53 Å². The summed E-state index contributed by atoms with van der Waals surface area (Å²) in [6.45, 7) is 8.74. The Bertz CT molecular complexity index is 930. The second-order valence-corrected chi connectivity index (χ2v) is 8.85. The van der Waals surface area contributed by atoms with E-state index in [1.165, 1.54) is 5.57 Å². The van der Waals surface area contributed by atoms with Gasteiger partial charge in [0.15, 0.2) is 0 Å². The van der Waals surface area contributed by atoms with E-state index >= 15 is 0 Å².